The van der Waals surface area contributed by atoms with E-state index in [9.17, 15) is 4.79 Å². The van der Waals surface area contributed by atoms with Crippen molar-refractivity contribution in [3.63, 3.8) is 0 Å². The molecular formula is C11H13ClO3. The lowest BCUT2D eigenvalue weighted by Gasteiger charge is -2.11. The number of hydrogen-bond acceptors (Lipinski definition) is 3. The first-order valence-electron chi connectivity index (χ1n) is 4.58. The molecule has 0 bridgehead atoms. The summed E-state index contributed by atoms with van der Waals surface area (Å²) in [6.07, 6.45) is -0.578. The molecular weight excluding hydrogens is 216 g/mol. The fraction of sp³-hybridized carbons (Fsp3) is 0.364. The second-order valence-corrected chi connectivity index (χ2v) is 3.48. The molecule has 1 atom stereocenters. The summed E-state index contributed by atoms with van der Waals surface area (Å²) in [5.41, 5.74) is 0.856. The number of esters is 1. The first-order valence-corrected chi connectivity index (χ1v) is 4.95. The van der Waals surface area contributed by atoms with Gasteiger partial charge in [-0.25, -0.2) is 4.79 Å². The molecule has 0 aliphatic carbocycles. The number of hydrogen-bond donors (Lipinski definition) is 0. The van der Waals surface area contributed by atoms with E-state index in [-0.39, 0.29) is 5.97 Å². The summed E-state index contributed by atoms with van der Waals surface area (Å²) in [6, 6.07) is 7.35. The normalized spacial score (nSPS) is 12.2. The number of methoxy groups -OCH3 is 1. The van der Waals surface area contributed by atoms with Crippen LogP contribution < -0.4 is 0 Å². The van der Waals surface area contributed by atoms with Crippen LogP contribution in [0.1, 0.15) is 12.5 Å². The number of carbonyl (C=O) groups excluding carboxylic acids is 1. The molecule has 15 heavy (non-hydrogen) atoms. The summed E-state index contributed by atoms with van der Waals surface area (Å²) in [7, 11) is 1.33. The van der Waals surface area contributed by atoms with E-state index >= 15 is 0 Å². The van der Waals surface area contributed by atoms with E-state index in [0.717, 1.165) is 5.56 Å². The highest BCUT2D eigenvalue weighted by molar-refractivity contribution is 6.31. The Hall–Kier alpha value is -1.06. The third kappa shape index (κ3) is 3.53. The van der Waals surface area contributed by atoms with Gasteiger partial charge >= 0.3 is 5.97 Å². The quantitative estimate of drug-likeness (QED) is 0.743. The van der Waals surface area contributed by atoms with Crippen molar-refractivity contribution < 1.29 is 14.3 Å². The monoisotopic (exact) mass is 228 g/mol. The minimum Gasteiger partial charge on any atom is -0.467 e. The van der Waals surface area contributed by atoms with E-state index in [1.165, 1.54) is 7.11 Å². The highest BCUT2D eigenvalue weighted by Gasteiger charge is 2.13. The molecule has 1 aromatic rings. The number of carbonyl (C=O) groups is 1. The predicted molar refractivity (Wildman–Crippen MR) is 57.7 cm³/mol. The molecule has 1 aromatic carbocycles. The molecule has 0 spiro atoms. The van der Waals surface area contributed by atoms with Gasteiger partial charge in [0.2, 0.25) is 0 Å². The molecule has 0 saturated heterocycles. The number of ether oxygens (including phenoxy) is 2. The van der Waals surface area contributed by atoms with Gasteiger partial charge in [-0.15, -0.1) is 0 Å². The zero-order chi connectivity index (χ0) is 11.3. The van der Waals surface area contributed by atoms with Crippen LogP contribution in [0, 0.1) is 0 Å². The number of halogens is 1. The molecule has 0 amide bonds. The molecule has 3 nitrogen and oxygen atoms in total. The second kappa shape index (κ2) is 5.73. The van der Waals surface area contributed by atoms with Crippen LogP contribution in [0.2, 0.25) is 5.02 Å². The van der Waals surface area contributed by atoms with Crippen LogP contribution in [0.15, 0.2) is 24.3 Å². The SMILES string of the molecule is COC(=O)C(C)OCc1ccccc1Cl. The van der Waals surface area contributed by atoms with Crippen molar-refractivity contribution in [1.29, 1.82) is 0 Å². The summed E-state index contributed by atoms with van der Waals surface area (Å²) in [6.45, 7) is 1.94. The van der Waals surface area contributed by atoms with Gasteiger partial charge in [-0.3, -0.25) is 0 Å². The lowest BCUT2D eigenvalue weighted by molar-refractivity contribution is -0.153. The van der Waals surface area contributed by atoms with Crippen LogP contribution in [0.3, 0.4) is 0 Å². The summed E-state index contributed by atoms with van der Waals surface area (Å²) in [5.74, 6) is -0.387. The Bertz CT molecular complexity index is 338. The van der Waals surface area contributed by atoms with Crippen molar-refractivity contribution in [2.45, 2.75) is 19.6 Å². The molecule has 0 saturated carbocycles. The molecule has 1 unspecified atom stereocenters. The first kappa shape index (κ1) is 12.0. The largest absolute Gasteiger partial charge is 0.467 e. The summed E-state index contributed by atoms with van der Waals surface area (Å²) >= 11 is 5.92. The van der Waals surface area contributed by atoms with Crippen LogP contribution in [-0.2, 0) is 20.9 Å². The highest BCUT2D eigenvalue weighted by Crippen LogP contribution is 2.16. The molecule has 0 fully saturated rings. The Labute approximate surface area is 93.9 Å². The van der Waals surface area contributed by atoms with Crippen LogP contribution in [0.5, 0.6) is 0 Å². The first-order chi connectivity index (χ1) is 7.15. The smallest absolute Gasteiger partial charge is 0.334 e. The van der Waals surface area contributed by atoms with Crippen molar-refractivity contribution in [2.75, 3.05) is 7.11 Å². The topological polar surface area (TPSA) is 35.5 Å². The van der Waals surface area contributed by atoms with E-state index < -0.39 is 6.10 Å². The Kier molecular flexibility index (Phi) is 4.59. The van der Waals surface area contributed by atoms with Gasteiger partial charge in [0.15, 0.2) is 6.10 Å². The minimum atomic E-state index is -0.578. The zero-order valence-corrected chi connectivity index (χ0v) is 9.45. The molecule has 0 heterocycles. The Morgan fingerprint density at radius 3 is 2.73 bits per heavy atom. The van der Waals surface area contributed by atoms with Crippen molar-refractivity contribution in [1.82, 2.24) is 0 Å². The van der Waals surface area contributed by atoms with E-state index in [1.54, 1.807) is 13.0 Å². The Morgan fingerprint density at radius 2 is 2.13 bits per heavy atom. The van der Waals surface area contributed by atoms with Crippen LogP contribution in [0.25, 0.3) is 0 Å². The van der Waals surface area contributed by atoms with Gasteiger partial charge in [-0.2, -0.15) is 0 Å². The van der Waals surface area contributed by atoms with Gasteiger partial charge in [0.25, 0.3) is 0 Å². The highest BCUT2D eigenvalue weighted by atomic mass is 35.5. The number of benzene rings is 1. The Morgan fingerprint density at radius 1 is 1.47 bits per heavy atom. The van der Waals surface area contributed by atoms with Crippen LogP contribution in [0.4, 0.5) is 0 Å². The minimum absolute atomic E-state index is 0.302. The van der Waals surface area contributed by atoms with Gasteiger partial charge < -0.3 is 9.47 Å². The molecule has 82 valence electrons. The van der Waals surface area contributed by atoms with Crippen molar-refractivity contribution >= 4 is 17.6 Å². The molecule has 0 aliphatic rings. The van der Waals surface area contributed by atoms with Gasteiger partial charge in [0.1, 0.15) is 0 Å². The van der Waals surface area contributed by atoms with Gasteiger partial charge in [-0.1, -0.05) is 29.8 Å². The maximum Gasteiger partial charge on any atom is 0.334 e. The average Bonchev–Trinajstić information content (AvgIpc) is 2.26. The maximum atomic E-state index is 11.0. The van der Waals surface area contributed by atoms with Crippen LogP contribution in [-0.4, -0.2) is 19.2 Å². The summed E-state index contributed by atoms with van der Waals surface area (Å²) in [4.78, 5) is 11.0. The summed E-state index contributed by atoms with van der Waals surface area (Å²) in [5, 5.41) is 0.634. The predicted octanol–water partition coefficient (Wildman–Crippen LogP) is 2.42. The molecule has 0 N–H and O–H groups in total. The zero-order valence-electron chi connectivity index (χ0n) is 8.70. The lowest BCUT2D eigenvalue weighted by Crippen LogP contribution is -2.21. The number of rotatable bonds is 4. The van der Waals surface area contributed by atoms with Crippen molar-refractivity contribution in [3.05, 3.63) is 34.9 Å². The van der Waals surface area contributed by atoms with Crippen molar-refractivity contribution in [2.24, 2.45) is 0 Å². The standard InChI is InChI=1S/C11H13ClO3/c1-8(11(13)14-2)15-7-9-5-3-4-6-10(9)12/h3-6,8H,7H2,1-2H3. The van der Waals surface area contributed by atoms with E-state index in [1.807, 2.05) is 18.2 Å². The van der Waals surface area contributed by atoms with E-state index in [2.05, 4.69) is 4.74 Å². The third-order valence-electron chi connectivity index (χ3n) is 1.98. The average molecular weight is 229 g/mol. The fourth-order valence-corrected chi connectivity index (χ4v) is 1.25. The van der Waals surface area contributed by atoms with E-state index in [0.29, 0.717) is 11.6 Å². The van der Waals surface area contributed by atoms with Crippen LogP contribution >= 0.6 is 11.6 Å². The molecule has 0 radical (unpaired) electrons. The van der Waals surface area contributed by atoms with Gasteiger partial charge in [0.05, 0.1) is 13.7 Å². The third-order valence-corrected chi connectivity index (χ3v) is 2.35. The second-order valence-electron chi connectivity index (χ2n) is 3.07. The fourth-order valence-electron chi connectivity index (χ4n) is 1.06. The van der Waals surface area contributed by atoms with E-state index in [4.69, 9.17) is 16.3 Å². The molecule has 1 rings (SSSR count). The maximum absolute atomic E-state index is 11.0. The molecule has 4 heteroatoms. The molecule has 0 aliphatic heterocycles. The van der Waals surface area contributed by atoms with Gasteiger partial charge in [-0.05, 0) is 18.6 Å². The molecule has 0 aromatic heterocycles. The lowest BCUT2D eigenvalue weighted by atomic mass is 10.2. The summed E-state index contributed by atoms with van der Waals surface area (Å²) < 4.78 is 9.84. The van der Waals surface area contributed by atoms with Crippen molar-refractivity contribution in [3.8, 4) is 0 Å². The Balaban J connectivity index is 2.50. The van der Waals surface area contributed by atoms with Gasteiger partial charge in [0, 0.05) is 5.02 Å².